The summed E-state index contributed by atoms with van der Waals surface area (Å²) in [5, 5.41) is 9.27. The zero-order valence-electron chi connectivity index (χ0n) is 14.4. The molecule has 3 aromatic carbocycles. The van der Waals surface area contributed by atoms with Crippen molar-refractivity contribution in [3.63, 3.8) is 0 Å². The van der Waals surface area contributed by atoms with Crippen LogP contribution in [0, 0.1) is 0 Å². The highest BCUT2D eigenvalue weighted by Crippen LogP contribution is 2.39. The summed E-state index contributed by atoms with van der Waals surface area (Å²) in [7, 11) is 0. The SMILES string of the molecule is c1ccc(CN2[C@@H]3C(c4ccccc4)=NN=C(c4ccccc4)[C@H]32)cc1. The number of benzene rings is 3. The van der Waals surface area contributed by atoms with E-state index in [2.05, 4.69) is 94.0 Å². The van der Waals surface area contributed by atoms with Crippen LogP contribution < -0.4 is 0 Å². The lowest BCUT2D eigenvalue weighted by Crippen LogP contribution is -2.22. The van der Waals surface area contributed by atoms with Crippen LogP contribution in [0.2, 0.25) is 0 Å². The molecule has 126 valence electrons. The second-order valence-corrected chi connectivity index (χ2v) is 6.75. The van der Waals surface area contributed by atoms with Crippen LogP contribution >= 0.6 is 0 Å². The third-order valence-electron chi connectivity index (χ3n) is 5.10. The van der Waals surface area contributed by atoms with Crippen molar-refractivity contribution in [2.45, 2.75) is 18.6 Å². The molecular weight excluding hydrogens is 318 g/mol. The Balaban J connectivity index is 1.52. The van der Waals surface area contributed by atoms with Crippen LogP contribution in [-0.4, -0.2) is 28.4 Å². The molecule has 0 N–H and O–H groups in total. The number of hydrogen-bond donors (Lipinski definition) is 0. The maximum atomic E-state index is 4.64. The molecule has 0 unspecified atom stereocenters. The largest absolute Gasteiger partial charge is 0.278 e. The first-order valence-corrected chi connectivity index (χ1v) is 8.98. The van der Waals surface area contributed by atoms with Crippen LogP contribution in [0.25, 0.3) is 0 Å². The van der Waals surface area contributed by atoms with Crippen molar-refractivity contribution >= 4 is 11.4 Å². The van der Waals surface area contributed by atoms with E-state index in [4.69, 9.17) is 0 Å². The van der Waals surface area contributed by atoms with E-state index in [1.165, 1.54) is 5.56 Å². The van der Waals surface area contributed by atoms with Gasteiger partial charge in [-0.2, -0.15) is 10.2 Å². The zero-order valence-corrected chi connectivity index (χ0v) is 14.4. The number of rotatable bonds is 4. The van der Waals surface area contributed by atoms with E-state index in [0.717, 1.165) is 29.1 Å². The quantitative estimate of drug-likeness (QED) is 0.657. The minimum absolute atomic E-state index is 0.297. The maximum Gasteiger partial charge on any atom is 0.0894 e. The summed E-state index contributed by atoms with van der Waals surface area (Å²) in [5.41, 5.74) is 5.79. The topological polar surface area (TPSA) is 27.7 Å². The molecule has 0 radical (unpaired) electrons. The molecule has 0 aliphatic carbocycles. The van der Waals surface area contributed by atoms with Gasteiger partial charge in [-0.15, -0.1) is 0 Å². The smallest absolute Gasteiger partial charge is 0.0894 e. The Kier molecular flexibility index (Phi) is 3.72. The lowest BCUT2D eigenvalue weighted by Gasteiger charge is -2.10. The Hall–Kier alpha value is -3.04. The number of fused-ring (bicyclic) bond motifs is 1. The second-order valence-electron chi connectivity index (χ2n) is 6.75. The molecule has 3 heteroatoms. The average molecular weight is 337 g/mol. The van der Waals surface area contributed by atoms with E-state index in [-0.39, 0.29) is 0 Å². The Labute approximate surface area is 153 Å². The van der Waals surface area contributed by atoms with Crippen LogP contribution in [-0.2, 0) is 6.54 Å². The summed E-state index contributed by atoms with van der Waals surface area (Å²) in [4.78, 5) is 2.49. The van der Waals surface area contributed by atoms with E-state index < -0.39 is 0 Å². The van der Waals surface area contributed by atoms with Crippen LogP contribution in [0.15, 0.2) is 101 Å². The van der Waals surface area contributed by atoms with Crippen LogP contribution in [0.1, 0.15) is 16.7 Å². The number of nitrogens with zero attached hydrogens (tertiary/aromatic N) is 3. The predicted molar refractivity (Wildman–Crippen MR) is 106 cm³/mol. The van der Waals surface area contributed by atoms with E-state index >= 15 is 0 Å². The summed E-state index contributed by atoms with van der Waals surface area (Å²) in [5.74, 6) is 0. The first kappa shape index (κ1) is 15.2. The van der Waals surface area contributed by atoms with Gasteiger partial charge in [0.05, 0.1) is 23.5 Å². The van der Waals surface area contributed by atoms with Crippen molar-refractivity contribution in [1.29, 1.82) is 0 Å². The Morgan fingerprint density at radius 2 is 1.00 bits per heavy atom. The number of hydrogen-bond acceptors (Lipinski definition) is 3. The summed E-state index contributed by atoms with van der Waals surface area (Å²) in [6.07, 6.45) is 0. The molecule has 5 rings (SSSR count). The van der Waals surface area contributed by atoms with Crippen molar-refractivity contribution in [2.24, 2.45) is 10.2 Å². The first-order chi connectivity index (χ1) is 12.9. The van der Waals surface area contributed by atoms with Crippen LogP contribution in [0.3, 0.4) is 0 Å². The fourth-order valence-corrected chi connectivity index (χ4v) is 3.78. The fraction of sp³-hybridized carbons (Fsp3) is 0.130. The summed E-state index contributed by atoms with van der Waals surface area (Å²) in [6.45, 7) is 0.911. The van der Waals surface area contributed by atoms with Gasteiger partial charge in [-0.05, 0) is 16.7 Å². The molecule has 0 spiro atoms. The van der Waals surface area contributed by atoms with E-state index in [1.54, 1.807) is 0 Å². The molecule has 2 heterocycles. The van der Waals surface area contributed by atoms with Gasteiger partial charge in [-0.25, -0.2) is 0 Å². The third kappa shape index (κ3) is 2.67. The molecule has 1 fully saturated rings. The Bertz CT molecular complexity index is 901. The lowest BCUT2D eigenvalue weighted by atomic mass is 9.99. The van der Waals surface area contributed by atoms with Crippen molar-refractivity contribution in [3.8, 4) is 0 Å². The predicted octanol–water partition coefficient (Wildman–Crippen LogP) is 4.15. The summed E-state index contributed by atoms with van der Waals surface area (Å²) < 4.78 is 0. The third-order valence-corrected chi connectivity index (χ3v) is 5.10. The first-order valence-electron chi connectivity index (χ1n) is 8.98. The van der Waals surface area contributed by atoms with Crippen LogP contribution in [0.5, 0.6) is 0 Å². The molecule has 2 atom stereocenters. The lowest BCUT2D eigenvalue weighted by molar-refractivity contribution is 0.522. The molecule has 1 saturated heterocycles. The minimum atomic E-state index is 0.297. The standard InChI is InChI=1S/C23H19N3/c1-4-10-17(11-5-1)16-26-22-20(18-12-6-2-7-13-18)24-25-21(23(22)26)19-14-8-3-9-15-19/h1-15,22-23H,16H2/t22-,23-/m1/s1. The second kappa shape index (κ2) is 6.36. The molecule has 2 aliphatic heterocycles. The Morgan fingerprint density at radius 3 is 1.46 bits per heavy atom. The van der Waals surface area contributed by atoms with Crippen molar-refractivity contribution in [3.05, 3.63) is 108 Å². The van der Waals surface area contributed by atoms with E-state index in [9.17, 15) is 0 Å². The fourth-order valence-electron chi connectivity index (χ4n) is 3.78. The average Bonchev–Trinajstić information content (AvgIpc) is 3.43. The van der Waals surface area contributed by atoms with Crippen molar-refractivity contribution < 1.29 is 0 Å². The van der Waals surface area contributed by atoms with Crippen molar-refractivity contribution in [2.75, 3.05) is 0 Å². The maximum absolute atomic E-state index is 4.64. The molecule has 0 amide bonds. The van der Waals surface area contributed by atoms with E-state index in [0.29, 0.717) is 12.1 Å². The van der Waals surface area contributed by atoms with Gasteiger partial charge in [0.2, 0.25) is 0 Å². The minimum Gasteiger partial charge on any atom is -0.278 e. The molecular formula is C23H19N3. The van der Waals surface area contributed by atoms with Gasteiger partial charge in [-0.3, -0.25) is 4.90 Å². The van der Waals surface area contributed by atoms with Gasteiger partial charge in [0.1, 0.15) is 0 Å². The molecule has 0 saturated carbocycles. The summed E-state index contributed by atoms with van der Waals surface area (Å²) in [6, 6.07) is 32.0. The molecule has 26 heavy (non-hydrogen) atoms. The van der Waals surface area contributed by atoms with Gasteiger partial charge >= 0.3 is 0 Å². The van der Waals surface area contributed by atoms with Gasteiger partial charge in [0.15, 0.2) is 0 Å². The normalized spacial score (nSPS) is 23.6. The van der Waals surface area contributed by atoms with Gasteiger partial charge in [0, 0.05) is 6.54 Å². The van der Waals surface area contributed by atoms with Gasteiger partial charge in [-0.1, -0.05) is 91.0 Å². The molecule has 0 bridgehead atoms. The van der Waals surface area contributed by atoms with Gasteiger partial charge < -0.3 is 0 Å². The zero-order chi connectivity index (χ0) is 17.3. The van der Waals surface area contributed by atoms with Crippen molar-refractivity contribution in [1.82, 2.24) is 4.90 Å². The Morgan fingerprint density at radius 1 is 0.577 bits per heavy atom. The summed E-state index contributed by atoms with van der Waals surface area (Å²) >= 11 is 0. The monoisotopic (exact) mass is 337 g/mol. The molecule has 3 aromatic rings. The molecule has 3 nitrogen and oxygen atoms in total. The highest BCUT2D eigenvalue weighted by molar-refractivity contribution is 6.18. The van der Waals surface area contributed by atoms with E-state index in [1.807, 2.05) is 12.1 Å². The highest BCUT2D eigenvalue weighted by Gasteiger charge is 2.55. The highest BCUT2D eigenvalue weighted by atomic mass is 15.4. The van der Waals surface area contributed by atoms with Crippen LogP contribution in [0.4, 0.5) is 0 Å². The molecule has 0 aromatic heterocycles. The van der Waals surface area contributed by atoms with Gasteiger partial charge in [0.25, 0.3) is 0 Å². The molecule has 2 aliphatic rings.